The summed E-state index contributed by atoms with van der Waals surface area (Å²) in [5.74, 6) is 1.26. The average molecular weight is 412 g/mol. The molecule has 0 bridgehead atoms. The van der Waals surface area contributed by atoms with Gasteiger partial charge < -0.3 is 19.4 Å². The van der Waals surface area contributed by atoms with Crippen molar-refractivity contribution >= 4 is 17.7 Å². The number of ether oxygens (including phenoxy) is 2. The minimum Gasteiger partial charge on any atom is -0.493 e. The monoisotopic (exact) mass is 411 g/mol. The van der Waals surface area contributed by atoms with Gasteiger partial charge in [-0.25, -0.2) is 4.98 Å². The van der Waals surface area contributed by atoms with E-state index in [-0.39, 0.29) is 11.2 Å². The van der Waals surface area contributed by atoms with Crippen LogP contribution in [0.15, 0.2) is 59.9 Å². The molecule has 0 fully saturated rings. The molecule has 3 rings (SSSR count). The van der Waals surface area contributed by atoms with Crippen LogP contribution in [-0.4, -0.2) is 34.9 Å². The van der Waals surface area contributed by atoms with Crippen LogP contribution < -0.4 is 14.8 Å². The Morgan fingerprint density at radius 1 is 1.14 bits per heavy atom. The molecule has 0 saturated heterocycles. The summed E-state index contributed by atoms with van der Waals surface area (Å²) in [4.78, 5) is 17.1. The Balaban J connectivity index is 1.61. The Kier molecular flexibility index (Phi) is 6.82. The van der Waals surface area contributed by atoms with Crippen LogP contribution in [0.4, 0.5) is 0 Å². The Labute approximate surface area is 175 Å². The minimum atomic E-state index is -0.278. The maximum atomic E-state index is 12.6. The number of amides is 1. The summed E-state index contributed by atoms with van der Waals surface area (Å²) in [7, 11) is 5.15. The fraction of sp³-hybridized carbons (Fsp3) is 0.273. The van der Waals surface area contributed by atoms with Crippen LogP contribution >= 0.6 is 11.8 Å². The fourth-order valence-corrected chi connectivity index (χ4v) is 3.79. The number of aromatic nitrogens is 2. The number of rotatable bonds is 8. The highest BCUT2D eigenvalue weighted by atomic mass is 32.2. The Morgan fingerprint density at radius 3 is 2.55 bits per heavy atom. The molecule has 1 atom stereocenters. The van der Waals surface area contributed by atoms with E-state index in [1.807, 2.05) is 73.3 Å². The Hall–Kier alpha value is -2.93. The molecular formula is C22H25N3O3S. The van der Waals surface area contributed by atoms with Crippen molar-refractivity contribution in [2.45, 2.75) is 23.9 Å². The van der Waals surface area contributed by atoms with E-state index in [4.69, 9.17) is 9.47 Å². The highest BCUT2D eigenvalue weighted by Crippen LogP contribution is 2.29. The van der Waals surface area contributed by atoms with Gasteiger partial charge in [-0.3, -0.25) is 4.79 Å². The van der Waals surface area contributed by atoms with Gasteiger partial charge in [0, 0.05) is 13.6 Å². The van der Waals surface area contributed by atoms with Crippen molar-refractivity contribution in [2.75, 3.05) is 14.2 Å². The molecule has 1 aromatic heterocycles. The lowest BCUT2D eigenvalue weighted by Crippen LogP contribution is -2.30. The van der Waals surface area contributed by atoms with Crippen LogP contribution in [0.5, 0.6) is 11.5 Å². The quantitative estimate of drug-likeness (QED) is 0.570. The predicted molar refractivity (Wildman–Crippen MR) is 115 cm³/mol. The second-order valence-corrected chi connectivity index (χ2v) is 7.83. The lowest BCUT2D eigenvalue weighted by Gasteiger charge is -2.13. The molecule has 1 amide bonds. The van der Waals surface area contributed by atoms with Crippen LogP contribution in [0.1, 0.15) is 12.5 Å². The molecule has 3 aromatic rings. The summed E-state index contributed by atoms with van der Waals surface area (Å²) in [5.41, 5.74) is 3.06. The first-order valence-electron chi connectivity index (χ1n) is 9.26. The van der Waals surface area contributed by atoms with Gasteiger partial charge >= 0.3 is 0 Å². The van der Waals surface area contributed by atoms with Gasteiger partial charge in [0.1, 0.15) is 0 Å². The maximum absolute atomic E-state index is 12.6. The topological polar surface area (TPSA) is 65.4 Å². The van der Waals surface area contributed by atoms with Gasteiger partial charge in [-0.15, -0.1) is 0 Å². The number of carbonyl (C=O) groups is 1. The van der Waals surface area contributed by atoms with Crippen molar-refractivity contribution < 1.29 is 14.3 Å². The van der Waals surface area contributed by atoms with Gasteiger partial charge in [-0.2, -0.15) is 0 Å². The number of nitrogens with zero attached hydrogens (tertiary/aromatic N) is 2. The average Bonchev–Trinajstić information content (AvgIpc) is 3.12. The predicted octanol–water partition coefficient (Wildman–Crippen LogP) is 3.90. The highest BCUT2D eigenvalue weighted by Gasteiger charge is 2.18. The molecule has 0 radical (unpaired) electrons. The summed E-state index contributed by atoms with van der Waals surface area (Å²) in [6.07, 6.45) is 1.84. The first kappa shape index (κ1) is 20.8. The van der Waals surface area contributed by atoms with E-state index in [0.717, 1.165) is 22.0 Å². The number of nitrogens with one attached hydrogen (secondary N) is 1. The van der Waals surface area contributed by atoms with Gasteiger partial charge in [0.2, 0.25) is 5.91 Å². The zero-order chi connectivity index (χ0) is 20.8. The molecule has 0 aliphatic rings. The summed E-state index contributed by atoms with van der Waals surface area (Å²) >= 11 is 1.44. The maximum Gasteiger partial charge on any atom is 0.233 e. The molecule has 1 unspecified atom stereocenters. The minimum absolute atomic E-state index is 0.0472. The molecule has 1 N–H and O–H groups in total. The van der Waals surface area contributed by atoms with Crippen LogP contribution in [0.25, 0.3) is 11.3 Å². The van der Waals surface area contributed by atoms with E-state index in [2.05, 4.69) is 10.3 Å². The molecule has 2 aromatic carbocycles. The molecule has 1 heterocycles. The molecule has 0 spiro atoms. The van der Waals surface area contributed by atoms with Gasteiger partial charge in [0.25, 0.3) is 0 Å². The largest absolute Gasteiger partial charge is 0.493 e. The number of imidazole rings is 1. The van der Waals surface area contributed by atoms with Crippen LogP contribution in [0.2, 0.25) is 0 Å². The molecule has 0 aliphatic heterocycles. The summed E-state index contributed by atoms with van der Waals surface area (Å²) < 4.78 is 12.6. The Bertz CT molecular complexity index is 973. The normalized spacial score (nSPS) is 11.7. The van der Waals surface area contributed by atoms with Crippen molar-refractivity contribution in [1.29, 1.82) is 0 Å². The lowest BCUT2D eigenvalue weighted by atomic mass is 10.2. The molecule has 152 valence electrons. The number of hydrogen-bond donors (Lipinski definition) is 1. The van der Waals surface area contributed by atoms with E-state index in [1.165, 1.54) is 11.8 Å². The third-order valence-electron chi connectivity index (χ3n) is 4.58. The fourth-order valence-electron chi connectivity index (χ4n) is 2.91. The standard InChI is InChI=1S/C22H25N3O3S/c1-15(21(26)23-13-16-10-11-19(27-3)20(12-16)28-4)29-22-24-14-18(25(22)2)17-8-6-5-7-9-17/h5-12,14-15H,13H2,1-4H3,(H,23,26). The molecule has 0 saturated carbocycles. The van der Waals surface area contributed by atoms with Crippen molar-refractivity contribution in [3.05, 3.63) is 60.3 Å². The van der Waals surface area contributed by atoms with Crippen LogP contribution in [0.3, 0.4) is 0 Å². The summed E-state index contributed by atoms with van der Waals surface area (Å²) in [6.45, 7) is 2.30. The number of benzene rings is 2. The van der Waals surface area contributed by atoms with E-state index in [9.17, 15) is 4.79 Å². The summed E-state index contributed by atoms with van der Waals surface area (Å²) in [6, 6.07) is 15.7. The van der Waals surface area contributed by atoms with E-state index >= 15 is 0 Å². The molecule has 29 heavy (non-hydrogen) atoms. The second-order valence-electron chi connectivity index (χ2n) is 6.52. The van der Waals surface area contributed by atoms with Crippen molar-refractivity contribution in [3.63, 3.8) is 0 Å². The third kappa shape index (κ3) is 4.92. The molecule has 6 nitrogen and oxygen atoms in total. The molecule has 0 aliphatic carbocycles. The lowest BCUT2D eigenvalue weighted by molar-refractivity contribution is -0.120. The third-order valence-corrected chi connectivity index (χ3v) is 5.74. The Morgan fingerprint density at radius 2 is 1.86 bits per heavy atom. The van der Waals surface area contributed by atoms with Crippen molar-refractivity contribution in [3.8, 4) is 22.8 Å². The van der Waals surface area contributed by atoms with Crippen molar-refractivity contribution in [2.24, 2.45) is 7.05 Å². The molecule has 7 heteroatoms. The zero-order valence-corrected chi connectivity index (χ0v) is 17.8. The van der Waals surface area contributed by atoms with Crippen molar-refractivity contribution in [1.82, 2.24) is 14.9 Å². The summed E-state index contributed by atoms with van der Waals surface area (Å²) in [5, 5.41) is 3.50. The van der Waals surface area contributed by atoms with Gasteiger partial charge in [0.05, 0.1) is 31.4 Å². The number of methoxy groups -OCH3 is 2. The van der Waals surface area contributed by atoms with E-state index < -0.39 is 0 Å². The second kappa shape index (κ2) is 9.52. The zero-order valence-electron chi connectivity index (χ0n) is 17.0. The van der Waals surface area contributed by atoms with E-state index in [0.29, 0.717) is 18.0 Å². The van der Waals surface area contributed by atoms with Gasteiger partial charge in [-0.1, -0.05) is 48.2 Å². The first-order valence-corrected chi connectivity index (χ1v) is 10.1. The number of thioether (sulfide) groups is 1. The van der Waals surface area contributed by atoms with Crippen LogP contribution in [0, 0.1) is 0 Å². The smallest absolute Gasteiger partial charge is 0.233 e. The first-order chi connectivity index (χ1) is 14.0. The highest BCUT2D eigenvalue weighted by molar-refractivity contribution is 8.00. The number of hydrogen-bond acceptors (Lipinski definition) is 5. The SMILES string of the molecule is COc1ccc(CNC(=O)C(C)Sc2ncc(-c3ccccc3)n2C)cc1OC. The molecular weight excluding hydrogens is 386 g/mol. The number of carbonyl (C=O) groups excluding carboxylic acids is 1. The van der Waals surface area contributed by atoms with E-state index in [1.54, 1.807) is 14.2 Å². The van der Waals surface area contributed by atoms with Crippen LogP contribution in [-0.2, 0) is 18.4 Å². The van der Waals surface area contributed by atoms with Gasteiger partial charge in [0.15, 0.2) is 16.7 Å². The van der Waals surface area contributed by atoms with Gasteiger partial charge in [-0.05, 0) is 30.2 Å².